The summed E-state index contributed by atoms with van der Waals surface area (Å²) < 4.78 is 27.0. The van der Waals surface area contributed by atoms with Crippen molar-refractivity contribution < 1.29 is 38.4 Å². The summed E-state index contributed by atoms with van der Waals surface area (Å²) in [5, 5.41) is 11.7. The molecule has 2 aromatic rings. The molecule has 0 spiro atoms. The molecule has 2 rings (SSSR count). The monoisotopic (exact) mass is 518 g/mol. The van der Waals surface area contributed by atoms with Gasteiger partial charge < -0.3 is 39.8 Å². The predicted molar refractivity (Wildman–Crippen MR) is 140 cm³/mol. The van der Waals surface area contributed by atoms with Crippen LogP contribution in [0.5, 0.6) is 5.75 Å². The number of hydrogen-bond acceptors (Lipinski definition) is 9. The second kappa shape index (κ2) is 19.1. The number of carbonyl (C=O) groups is 2. The van der Waals surface area contributed by atoms with Gasteiger partial charge in [-0.25, -0.2) is 0 Å². The smallest absolute Gasteiger partial charge is 0.305 e. The molecule has 204 valence electrons. The highest BCUT2D eigenvalue weighted by Crippen LogP contribution is 2.17. The topological polar surface area (TPSA) is 139 Å². The number of carbonyl (C=O) groups excluding carboxylic acids is 1. The van der Waals surface area contributed by atoms with E-state index in [2.05, 4.69) is 5.32 Å². The average Bonchev–Trinajstić information content (AvgIpc) is 2.91. The lowest BCUT2D eigenvalue weighted by Gasteiger charge is -2.09. The van der Waals surface area contributed by atoms with Crippen LogP contribution < -0.4 is 15.8 Å². The maximum Gasteiger partial charge on any atom is 0.305 e. The second-order valence-corrected chi connectivity index (χ2v) is 7.94. The first-order valence-electron chi connectivity index (χ1n) is 12.4. The summed E-state index contributed by atoms with van der Waals surface area (Å²) >= 11 is 0. The molecular formula is C27H38N2O8. The van der Waals surface area contributed by atoms with E-state index in [1.54, 1.807) is 36.4 Å². The molecule has 0 aliphatic heterocycles. The molecule has 37 heavy (non-hydrogen) atoms. The molecule has 0 fully saturated rings. The van der Waals surface area contributed by atoms with Crippen molar-refractivity contribution in [2.45, 2.75) is 12.8 Å². The summed E-state index contributed by atoms with van der Waals surface area (Å²) in [5.41, 5.74) is 7.59. The van der Waals surface area contributed by atoms with Crippen LogP contribution in [0.1, 0.15) is 28.8 Å². The second-order valence-electron chi connectivity index (χ2n) is 7.94. The maximum absolute atomic E-state index is 12.7. The number of nitrogens with two attached hydrogens (primary N) is 1. The van der Waals surface area contributed by atoms with Gasteiger partial charge in [0.2, 0.25) is 0 Å². The van der Waals surface area contributed by atoms with Crippen LogP contribution >= 0.6 is 0 Å². The van der Waals surface area contributed by atoms with Gasteiger partial charge >= 0.3 is 5.97 Å². The molecule has 0 amide bonds. The predicted octanol–water partition coefficient (Wildman–Crippen LogP) is 2.60. The van der Waals surface area contributed by atoms with Crippen molar-refractivity contribution in [3.05, 3.63) is 59.7 Å². The summed E-state index contributed by atoms with van der Waals surface area (Å²) in [5.74, 6) is -0.197. The van der Waals surface area contributed by atoms with E-state index in [9.17, 15) is 9.59 Å². The largest absolute Gasteiger partial charge is 0.494 e. The number of benzene rings is 2. The molecule has 0 saturated carbocycles. The number of ether oxygens (including phenoxy) is 5. The minimum absolute atomic E-state index is 0.00492. The third-order valence-corrected chi connectivity index (χ3v) is 5.03. The van der Waals surface area contributed by atoms with Crippen molar-refractivity contribution in [3.63, 3.8) is 0 Å². The first-order valence-corrected chi connectivity index (χ1v) is 12.4. The molecule has 2 aromatic carbocycles. The van der Waals surface area contributed by atoms with Crippen molar-refractivity contribution in [2.24, 2.45) is 5.73 Å². The van der Waals surface area contributed by atoms with E-state index in [0.717, 1.165) is 17.9 Å². The van der Waals surface area contributed by atoms with Crippen LogP contribution in [-0.4, -0.2) is 89.4 Å². The van der Waals surface area contributed by atoms with Crippen molar-refractivity contribution >= 4 is 17.4 Å². The summed E-state index contributed by atoms with van der Waals surface area (Å²) in [7, 11) is 0. The minimum atomic E-state index is -0.876. The highest BCUT2D eigenvalue weighted by Gasteiger charge is 2.09. The minimum Gasteiger partial charge on any atom is -0.494 e. The Hall–Kier alpha value is -3.02. The first-order chi connectivity index (χ1) is 18.1. The third kappa shape index (κ3) is 13.7. The fourth-order valence-corrected chi connectivity index (χ4v) is 3.07. The van der Waals surface area contributed by atoms with Crippen LogP contribution in [0, 0.1) is 0 Å². The zero-order valence-corrected chi connectivity index (χ0v) is 21.2. The van der Waals surface area contributed by atoms with E-state index in [-0.39, 0.29) is 18.8 Å². The summed E-state index contributed by atoms with van der Waals surface area (Å²) in [4.78, 5) is 23.0. The van der Waals surface area contributed by atoms with Gasteiger partial charge in [0, 0.05) is 23.4 Å². The SMILES string of the molecule is NCCCOc1ccc(C(=O)c2ccc(NCCOCCOCCOCCOCCC(=O)O)cc2)cc1. The number of nitrogens with one attached hydrogen (secondary N) is 1. The van der Waals surface area contributed by atoms with Crippen LogP contribution in [0.4, 0.5) is 5.69 Å². The Labute approximate surface area is 218 Å². The standard InChI is InChI=1S/C27H38N2O8/c28-11-1-13-37-25-8-4-23(5-9-25)27(32)22-2-6-24(7-3-22)29-12-15-34-17-19-36-21-20-35-18-16-33-14-10-26(30)31/h2-9,29H,1,10-21,28H2,(H,30,31). The Balaban J connectivity index is 1.49. The Kier molecular flexibility index (Phi) is 15.6. The van der Waals surface area contributed by atoms with Gasteiger partial charge in [-0.2, -0.15) is 0 Å². The fourth-order valence-electron chi connectivity index (χ4n) is 3.07. The molecule has 4 N–H and O–H groups in total. The molecule has 0 aliphatic carbocycles. The van der Waals surface area contributed by atoms with E-state index in [0.29, 0.717) is 77.1 Å². The highest BCUT2D eigenvalue weighted by atomic mass is 16.6. The van der Waals surface area contributed by atoms with Gasteiger partial charge in [-0.05, 0) is 61.5 Å². The Bertz CT molecular complexity index is 890. The molecule has 0 atom stereocenters. The van der Waals surface area contributed by atoms with Crippen LogP contribution in [0.15, 0.2) is 48.5 Å². The van der Waals surface area contributed by atoms with Gasteiger partial charge in [-0.1, -0.05) is 0 Å². The summed E-state index contributed by atoms with van der Waals surface area (Å²) in [6.45, 7) is 5.09. The van der Waals surface area contributed by atoms with E-state index in [1.807, 2.05) is 12.1 Å². The summed E-state index contributed by atoms with van der Waals surface area (Å²) in [6, 6.07) is 14.5. The molecule has 0 bridgehead atoms. The molecule has 10 heteroatoms. The lowest BCUT2D eigenvalue weighted by atomic mass is 10.0. The zero-order chi connectivity index (χ0) is 26.6. The Morgan fingerprint density at radius 3 is 1.76 bits per heavy atom. The van der Waals surface area contributed by atoms with Crippen molar-refractivity contribution in [1.29, 1.82) is 0 Å². The van der Waals surface area contributed by atoms with Gasteiger partial charge in [-0.3, -0.25) is 9.59 Å². The van der Waals surface area contributed by atoms with E-state index < -0.39 is 5.97 Å². The lowest BCUT2D eigenvalue weighted by Crippen LogP contribution is -2.14. The first kappa shape index (κ1) is 30.2. The number of aliphatic carboxylic acids is 1. The molecule has 0 heterocycles. The normalized spacial score (nSPS) is 10.8. The fraction of sp³-hybridized carbons (Fsp3) is 0.481. The molecule has 0 unspecified atom stereocenters. The number of rotatable bonds is 22. The van der Waals surface area contributed by atoms with Gasteiger partial charge in [0.25, 0.3) is 0 Å². The van der Waals surface area contributed by atoms with E-state index in [4.69, 9.17) is 34.5 Å². The van der Waals surface area contributed by atoms with Gasteiger partial charge in [0.15, 0.2) is 5.78 Å². The Morgan fingerprint density at radius 1 is 0.703 bits per heavy atom. The van der Waals surface area contributed by atoms with Crippen LogP contribution in [0.2, 0.25) is 0 Å². The van der Waals surface area contributed by atoms with Crippen LogP contribution in [0.3, 0.4) is 0 Å². The zero-order valence-electron chi connectivity index (χ0n) is 21.2. The highest BCUT2D eigenvalue weighted by molar-refractivity contribution is 6.09. The molecule has 0 aliphatic rings. The van der Waals surface area contributed by atoms with Gasteiger partial charge in [-0.15, -0.1) is 0 Å². The van der Waals surface area contributed by atoms with Gasteiger partial charge in [0.05, 0.1) is 65.9 Å². The van der Waals surface area contributed by atoms with Crippen molar-refractivity contribution in [3.8, 4) is 5.75 Å². The number of hydrogen-bond donors (Lipinski definition) is 3. The van der Waals surface area contributed by atoms with Crippen LogP contribution in [-0.2, 0) is 23.7 Å². The van der Waals surface area contributed by atoms with E-state index >= 15 is 0 Å². The maximum atomic E-state index is 12.7. The molecule has 0 radical (unpaired) electrons. The van der Waals surface area contributed by atoms with Crippen LogP contribution in [0.25, 0.3) is 0 Å². The summed E-state index contributed by atoms with van der Waals surface area (Å²) in [6.07, 6.45) is 0.783. The molecule has 0 aromatic heterocycles. The number of carboxylic acid groups (broad SMARTS) is 1. The number of anilines is 1. The average molecular weight is 519 g/mol. The van der Waals surface area contributed by atoms with Gasteiger partial charge in [0.1, 0.15) is 5.75 Å². The molecular weight excluding hydrogens is 480 g/mol. The quantitative estimate of drug-likeness (QED) is 0.157. The third-order valence-electron chi connectivity index (χ3n) is 5.03. The lowest BCUT2D eigenvalue weighted by molar-refractivity contribution is -0.138. The number of ketones is 1. The molecule has 0 saturated heterocycles. The Morgan fingerprint density at radius 2 is 1.22 bits per heavy atom. The van der Waals surface area contributed by atoms with Crippen molar-refractivity contribution in [2.75, 3.05) is 77.9 Å². The molecule has 10 nitrogen and oxygen atoms in total. The van der Waals surface area contributed by atoms with Crippen molar-refractivity contribution in [1.82, 2.24) is 0 Å². The number of carboxylic acids is 1. The van der Waals surface area contributed by atoms with E-state index in [1.165, 1.54) is 0 Å².